The van der Waals surface area contributed by atoms with Gasteiger partial charge < -0.3 is 5.73 Å². The number of nitriles is 1. The number of nitrogens with one attached hydrogen (secondary N) is 1. The zero-order chi connectivity index (χ0) is 15.8. The highest BCUT2D eigenvalue weighted by molar-refractivity contribution is 7.92. The van der Waals surface area contributed by atoms with Crippen LogP contribution in [0.25, 0.3) is 0 Å². The summed E-state index contributed by atoms with van der Waals surface area (Å²) in [4.78, 5) is 0.116. The van der Waals surface area contributed by atoms with Crippen LogP contribution in [-0.2, 0) is 17.1 Å². The number of aromatic nitrogens is 2. The summed E-state index contributed by atoms with van der Waals surface area (Å²) in [6.45, 7) is 3.29. The minimum absolute atomic E-state index is 0.116. The van der Waals surface area contributed by atoms with E-state index in [1.165, 1.54) is 22.9 Å². The molecular weight excluding hydrogens is 290 g/mol. The van der Waals surface area contributed by atoms with E-state index in [1.807, 2.05) is 6.07 Å². The number of aryl methyl sites for hydroxylation is 2. The highest BCUT2D eigenvalue weighted by Crippen LogP contribution is 2.25. The maximum atomic E-state index is 12.5. The van der Waals surface area contributed by atoms with Gasteiger partial charge in [0.1, 0.15) is 11.0 Å². The van der Waals surface area contributed by atoms with Crippen molar-refractivity contribution in [3.05, 3.63) is 35.2 Å². The van der Waals surface area contributed by atoms with Crippen molar-refractivity contribution in [3.8, 4) is 6.07 Å². The molecule has 0 aliphatic heterocycles. The third-order valence-electron chi connectivity index (χ3n) is 3.12. The minimum atomic E-state index is -3.82. The molecule has 0 fully saturated rings. The molecule has 0 saturated heterocycles. The fourth-order valence-corrected chi connectivity index (χ4v) is 3.60. The van der Waals surface area contributed by atoms with Gasteiger partial charge in [0.05, 0.1) is 22.6 Å². The number of nitrogens with zero attached hydrogens (tertiary/aromatic N) is 3. The number of hydrogen-bond donors (Lipinski definition) is 2. The second kappa shape index (κ2) is 5.10. The second-order valence-corrected chi connectivity index (χ2v) is 6.27. The van der Waals surface area contributed by atoms with E-state index in [4.69, 9.17) is 11.0 Å². The summed E-state index contributed by atoms with van der Waals surface area (Å²) in [5, 5.41) is 13.2. The summed E-state index contributed by atoms with van der Waals surface area (Å²) in [7, 11) is -2.15. The molecule has 0 atom stereocenters. The Bertz CT molecular complexity index is 846. The fraction of sp³-hybridized carbons (Fsp3) is 0.231. The lowest BCUT2D eigenvalue weighted by atomic mass is 10.2. The first-order valence-electron chi connectivity index (χ1n) is 6.09. The zero-order valence-electron chi connectivity index (χ0n) is 11.9. The maximum Gasteiger partial charge on any atom is 0.265 e. The Morgan fingerprint density at radius 1 is 1.38 bits per heavy atom. The molecule has 7 nitrogen and oxygen atoms in total. The second-order valence-electron chi connectivity index (χ2n) is 4.65. The molecule has 0 bridgehead atoms. The van der Waals surface area contributed by atoms with Crippen molar-refractivity contribution < 1.29 is 8.42 Å². The van der Waals surface area contributed by atoms with E-state index < -0.39 is 10.0 Å². The van der Waals surface area contributed by atoms with Crippen LogP contribution >= 0.6 is 0 Å². The van der Waals surface area contributed by atoms with Crippen LogP contribution < -0.4 is 10.5 Å². The molecule has 0 saturated carbocycles. The molecule has 1 aromatic carbocycles. The summed E-state index contributed by atoms with van der Waals surface area (Å²) >= 11 is 0. The molecule has 21 heavy (non-hydrogen) atoms. The molecule has 8 heteroatoms. The van der Waals surface area contributed by atoms with Crippen LogP contribution in [0.2, 0.25) is 0 Å². The predicted octanol–water partition coefficient (Wildman–Crippen LogP) is 1.29. The molecule has 110 valence electrons. The number of hydrogen-bond acceptors (Lipinski definition) is 5. The zero-order valence-corrected chi connectivity index (χ0v) is 12.7. The Morgan fingerprint density at radius 2 is 2.05 bits per heavy atom. The molecule has 0 unspecified atom stereocenters. The van der Waals surface area contributed by atoms with Crippen molar-refractivity contribution in [2.45, 2.75) is 18.7 Å². The van der Waals surface area contributed by atoms with E-state index in [-0.39, 0.29) is 16.1 Å². The van der Waals surface area contributed by atoms with Crippen molar-refractivity contribution in [3.63, 3.8) is 0 Å². The van der Waals surface area contributed by atoms with E-state index in [2.05, 4.69) is 9.82 Å². The van der Waals surface area contributed by atoms with Crippen LogP contribution in [-0.4, -0.2) is 18.2 Å². The standard InChI is InChI=1S/C13H15N5O2S/c1-8-13(9(2)18(3)16-8)21(19,20)17-12-5-4-11(15)6-10(12)7-14/h4-6,17H,15H2,1-3H3. The Balaban J connectivity index is 2.50. The van der Waals surface area contributed by atoms with E-state index in [0.29, 0.717) is 17.1 Å². The summed E-state index contributed by atoms with van der Waals surface area (Å²) in [5.74, 6) is 0. The number of nitrogen functional groups attached to an aromatic ring is 1. The van der Waals surface area contributed by atoms with Crippen molar-refractivity contribution >= 4 is 21.4 Å². The summed E-state index contributed by atoms with van der Waals surface area (Å²) in [6.07, 6.45) is 0. The monoisotopic (exact) mass is 305 g/mol. The van der Waals surface area contributed by atoms with Gasteiger partial charge in [0, 0.05) is 12.7 Å². The quantitative estimate of drug-likeness (QED) is 0.829. The Morgan fingerprint density at radius 3 is 2.57 bits per heavy atom. The molecule has 3 N–H and O–H groups in total. The van der Waals surface area contributed by atoms with Gasteiger partial charge in [-0.2, -0.15) is 10.4 Å². The summed E-state index contributed by atoms with van der Waals surface area (Å²) in [5.41, 5.74) is 7.26. The predicted molar refractivity (Wildman–Crippen MR) is 79.1 cm³/mol. The molecule has 0 aliphatic rings. The molecular formula is C13H15N5O2S. The summed E-state index contributed by atoms with van der Waals surface area (Å²) < 4.78 is 28.9. The molecule has 2 rings (SSSR count). The Kier molecular flexibility index (Phi) is 3.61. The van der Waals surface area contributed by atoms with Crippen LogP contribution in [0.1, 0.15) is 17.0 Å². The molecule has 0 spiro atoms. The number of anilines is 2. The van der Waals surface area contributed by atoms with E-state index in [0.717, 1.165) is 0 Å². The highest BCUT2D eigenvalue weighted by Gasteiger charge is 2.24. The Labute approximate surface area is 123 Å². The van der Waals surface area contributed by atoms with Crippen molar-refractivity contribution in [1.82, 2.24) is 9.78 Å². The molecule has 1 aromatic heterocycles. The largest absolute Gasteiger partial charge is 0.399 e. The lowest BCUT2D eigenvalue weighted by Crippen LogP contribution is -2.15. The van der Waals surface area contributed by atoms with E-state index in [9.17, 15) is 8.42 Å². The first-order valence-corrected chi connectivity index (χ1v) is 7.57. The van der Waals surface area contributed by atoms with Gasteiger partial charge in [0.15, 0.2) is 0 Å². The van der Waals surface area contributed by atoms with Crippen LogP contribution in [0.3, 0.4) is 0 Å². The van der Waals surface area contributed by atoms with Gasteiger partial charge in [-0.05, 0) is 32.0 Å². The average molecular weight is 305 g/mol. The molecule has 2 aromatic rings. The van der Waals surface area contributed by atoms with Gasteiger partial charge in [0.2, 0.25) is 0 Å². The summed E-state index contributed by atoms with van der Waals surface area (Å²) in [6, 6.07) is 6.33. The van der Waals surface area contributed by atoms with E-state index >= 15 is 0 Å². The molecule has 1 heterocycles. The topological polar surface area (TPSA) is 114 Å². The van der Waals surface area contributed by atoms with Gasteiger partial charge in [-0.15, -0.1) is 0 Å². The first kappa shape index (κ1) is 14.9. The van der Waals surface area contributed by atoms with Gasteiger partial charge in [-0.1, -0.05) is 0 Å². The first-order chi connectivity index (χ1) is 9.76. The van der Waals surface area contributed by atoms with Crippen molar-refractivity contribution in [2.75, 3.05) is 10.5 Å². The number of sulfonamides is 1. The Hall–Kier alpha value is -2.53. The lowest BCUT2D eigenvalue weighted by molar-refractivity contribution is 0.599. The van der Waals surface area contributed by atoms with Gasteiger partial charge in [0.25, 0.3) is 10.0 Å². The minimum Gasteiger partial charge on any atom is -0.399 e. The number of nitrogens with two attached hydrogens (primary N) is 1. The van der Waals surface area contributed by atoms with Crippen molar-refractivity contribution in [1.29, 1.82) is 5.26 Å². The maximum absolute atomic E-state index is 12.5. The molecule has 0 radical (unpaired) electrons. The van der Waals surface area contributed by atoms with Crippen molar-refractivity contribution in [2.24, 2.45) is 7.05 Å². The van der Waals surface area contributed by atoms with Crippen LogP contribution in [0.15, 0.2) is 23.1 Å². The highest BCUT2D eigenvalue weighted by atomic mass is 32.2. The average Bonchev–Trinajstić information content (AvgIpc) is 2.65. The van der Waals surface area contributed by atoms with Gasteiger partial charge in [-0.25, -0.2) is 8.42 Å². The number of benzene rings is 1. The van der Waals surface area contributed by atoms with Crippen LogP contribution in [0, 0.1) is 25.2 Å². The lowest BCUT2D eigenvalue weighted by Gasteiger charge is -2.10. The van der Waals surface area contributed by atoms with Gasteiger partial charge >= 0.3 is 0 Å². The third-order valence-corrected chi connectivity index (χ3v) is 4.74. The van der Waals surface area contributed by atoms with E-state index in [1.54, 1.807) is 20.9 Å². The number of rotatable bonds is 3. The normalized spacial score (nSPS) is 11.1. The SMILES string of the molecule is Cc1nn(C)c(C)c1S(=O)(=O)Nc1ccc(N)cc1C#N. The smallest absolute Gasteiger partial charge is 0.265 e. The molecule has 0 aliphatic carbocycles. The molecule has 0 amide bonds. The fourth-order valence-electron chi connectivity index (χ4n) is 2.08. The third kappa shape index (κ3) is 2.68. The van der Waals surface area contributed by atoms with Gasteiger partial charge in [-0.3, -0.25) is 9.40 Å². The van der Waals surface area contributed by atoms with Crippen LogP contribution in [0.5, 0.6) is 0 Å². The van der Waals surface area contributed by atoms with Crippen LogP contribution in [0.4, 0.5) is 11.4 Å².